The molecule has 2 aromatic heterocycles. The monoisotopic (exact) mass is 347 g/mol. The highest BCUT2D eigenvalue weighted by atomic mass is 16.5. The summed E-state index contributed by atoms with van der Waals surface area (Å²) in [4.78, 5) is 4.54. The Bertz CT molecular complexity index is 659. The number of nitrogens with zero attached hydrogens (tertiary/aromatic N) is 4. The number of rotatable bonds is 7. The summed E-state index contributed by atoms with van der Waals surface area (Å²) in [5, 5.41) is 8.23. The third kappa shape index (κ3) is 4.05. The van der Waals surface area contributed by atoms with E-state index in [9.17, 15) is 0 Å². The summed E-state index contributed by atoms with van der Waals surface area (Å²) in [6, 6.07) is 4.17. The van der Waals surface area contributed by atoms with Crippen LogP contribution < -0.4 is 10.2 Å². The second-order valence-corrected chi connectivity index (χ2v) is 6.74. The number of furan rings is 1. The average Bonchev–Trinajstić information content (AvgIpc) is 3.20. The fraction of sp³-hybridized carbons (Fsp3) is 0.611. The van der Waals surface area contributed by atoms with Gasteiger partial charge in [-0.05, 0) is 33.2 Å². The van der Waals surface area contributed by atoms with Crippen LogP contribution in [-0.2, 0) is 18.3 Å². The Kier molecular flexibility index (Phi) is 5.78. The molecule has 0 radical (unpaired) electrons. The van der Waals surface area contributed by atoms with Gasteiger partial charge in [0.15, 0.2) is 0 Å². The molecule has 1 unspecified atom stereocenters. The second kappa shape index (κ2) is 8.03. The molecule has 1 fully saturated rings. The van der Waals surface area contributed by atoms with Crippen molar-refractivity contribution in [1.29, 1.82) is 0 Å². The van der Waals surface area contributed by atoms with Gasteiger partial charge in [-0.2, -0.15) is 5.10 Å². The van der Waals surface area contributed by atoms with E-state index in [1.165, 1.54) is 11.4 Å². The predicted octanol–water partition coefficient (Wildman–Crippen LogP) is 1.55. The van der Waals surface area contributed by atoms with E-state index in [0.717, 1.165) is 50.8 Å². The number of morpholine rings is 1. The summed E-state index contributed by atoms with van der Waals surface area (Å²) in [5.41, 5.74) is 2.34. The summed E-state index contributed by atoms with van der Waals surface area (Å²) in [7, 11) is 6.17. The van der Waals surface area contributed by atoms with Crippen molar-refractivity contribution in [2.75, 3.05) is 51.8 Å². The molecule has 3 rings (SSSR count). The third-order valence-electron chi connectivity index (χ3n) is 4.76. The number of aromatic nitrogens is 2. The molecule has 0 aromatic carbocycles. The lowest BCUT2D eigenvalue weighted by Crippen LogP contribution is -2.38. The Morgan fingerprint density at radius 2 is 2.08 bits per heavy atom. The topological polar surface area (TPSA) is 58.7 Å². The fourth-order valence-corrected chi connectivity index (χ4v) is 3.42. The van der Waals surface area contributed by atoms with E-state index in [0.29, 0.717) is 0 Å². The van der Waals surface area contributed by atoms with Crippen molar-refractivity contribution in [3.63, 3.8) is 0 Å². The van der Waals surface area contributed by atoms with Crippen LogP contribution in [0, 0.1) is 6.92 Å². The molecule has 25 heavy (non-hydrogen) atoms. The standard InChI is InChI=1S/C18H29N5O2/c1-14-15(18(22(4)20-14)23-7-10-24-11-8-23)12-19-13-16(21(2)3)17-6-5-9-25-17/h5-6,9,16,19H,7-8,10-13H2,1-4H3. The van der Waals surface area contributed by atoms with Gasteiger partial charge >= 0.3 is 0 Å². The second-order valence-electron chi connectivity index (χ2n) is 6.74. The Morgan fingerprint density at radius 1 is 1.32 bits per heavy atom. The van der Waals surface area contributed by atoms with E-state index in [-0.39, 0.29) is 6.04 Å². The lowest BCUT2D eigenvalue weighted by Gasteiger charge is -2.30. The van der Waals surface area contributed by atoms with Gasteiger partial charge in [-0.3, -0.25) is 9.58 Å². The highest BCUT2D eigenvalue weighted by Gasteiger charge is 2.22. The van der Waals surface area contributed by atoms with Crippen molar-refractivity contribution in [1.82, 2.24) is 20.0 Å². The Labute approximate surface area is 149 Å². The smallest absolute Gasteiger partial charge is 0.131 e. The minimum Gasteiger partial charge on any atom is -0.468 e. The first kappa shape index (κ1) is 18.0. The van der Waals surface area contributed by atoms with Crippen molar-refractivity contribution in [3.8, 4) is 0 Å². The molecule has 138 valence electrons. The largest absolute Gasteiger partial charge is 0.468 e. The van der Waals surface area contributed by atoms with E-state index >= 15 is 0 Å². The maximum atomic E-state index is 5.59. The van der Waals surface area contributed by atoms with Crippen molar-refractivity contribution < 1.29 is 9.15 Å². The summed E-state index contributed by atoms with van der Waals surface area (Å²) in [5.74, 6) is 2.18. The molecule has 7 nitrogen and oxygen atoms in total. The molecule has 0 saturated carbocycles. The van der Waals surface area contributed by atoms with Crippen LogP contribution in [0.2, 0.25) is 0 Å². The van der Waals surface area contributed by atoms with Gasteiger partial charge in [-0.15, -0.1) is 0 Å². The molecule has 0 aliphatic carbocycles. The van der Waals surface area contributed by atoms with Crippen LogP contribution in [0.15, 0.2) is 22.8 Å². The van der Waals surface area contributed by atoms with Crippen LogP contribution in [-0.4, -0.2) is 61.6 Å². The van der Waals surface area contributed by atoms with E-state index in [1.807, 2.05) is 23.9 Å². The van der Waals surface area contributed by atoms with Crippen molar-refractivity contribution in [2.24, 2.45) is 7.05 Å². The van der Waals surface area contributed by atoms with Gasteiger partial charge in [0.05, 0.1) is 31.2 Å². The van der Waals surface area contributed by atoms with Gasteiger partial charge in [-0.25, -0.2) is 0 Å². The van der Waals surface area contributed by atoms with Gasteiger partial charge in [0, 0.05) is 38.8 Å². The summed E-state index contributed by atoms with van der Waals surface area (Å²) in [6.45, 7) is 7.07. The molecule has 1 atom stereocenters. The quantitative estimate of drug-likeness (QED) is 0.820. The molecule has 1 N–H and O–H groups in total. The van der Waals surface area contributed by atoms with Gasteiger partial charge in [-0.1, -0.05) is 0 Å². The van der Waals surface area contributed by atoms with Gasteiger partial charge in [0.1, 0.15) is 11.6 Å². The zero-order valence-electron chi connectivity index (χ0n) is 15.7. The predicted molar refractivity (Wildman–Crippen MR) is 97.8 cm³/mol. The Hall–Kier alpha value is -1.83. The normalized spacial score (nSPS) is 16.6. The van der Waals surface area contributed by atoms with E-state index in [2.05, 4.69) is 41.2 Å². The highest BCUT2D eigenvalue weighted by molar-refractivity contribution is 5.50. The maximum Gasteiger partial charge on any atom is 0.131 e. The summed E-state index contributed by atoms with van der Waals surface area (Å²) in [6.07, 6.45) is 1.73. The zero-order chi connectivity index (χ0) is 17.8. The third-order valence-corrected chi connectivity index (χ3v) is 4.76. The molecule has 1 saturated heterocycles. The van der Waals surface area contributed by atoms with Crippen LogP contribution in [0.25, 0.3) is 0 Å². The van der Waals surface area contributed by atoms with Crippen LogP contribution in [0.3, 0.4) is 0 Å². The molecule has 1 aliphatic rings. The summed E-state index contributed by atoms with van der Waals surface area (Å²) >= 11 is 0. The zero-order valence-corrected chi connectivity index (χ0v) is 15.7. The van der Waals surface area contributed by atoms with E-state index in [1.54, 1.807) is 6.26 Å². The number of nitrogens with one attached hydrogen (secondary N) is 1. The first-order valence-corrected chi connectivity index (χ1v) is 8.83. The molecule has 1 aliphatic heterocycles. The molecule has 2 aromatic rings. The molecule has 7 heteroatoms. The molecule has 3 heterocycles. The minimum atomic E-state index is 0.207. The molecular weight excluding hydrogens is 318 g/mol. The Balaban J connectivity index is 1.68. The van der Waals surface area contributed by atoms with Crippen molar-refractivity contribution in [3.05, 3.63) is 35.4 Å². The fourth-order valence-electron chi connectivity index (χ4n) is 3.42. The van der Waals surface area contributed by atoms with E-state index in [4.69, 9.17) is 9.15 Å². The number of hydrogen-bond donors (Lipinski definition) is 1. The number of likely N-dealkylation sites (N-methyl/N-ethyl adjacent to an activating group) is 1. The number of anilines is 1. The van der Waals surface area contributed by atoms with Gasteiger partial charge < -0.3 is 19.4 Å². The molecule has 0 spiro atoms. The Morgan fingerprint density at radius 3 is 2.72 bits per heavy atom. The van der Waals surface area contributed by atoms with Crippen LogP contribution in [0.5, 0.6) is 0 Å². The van der Waals surface area contributed by atoms with Crippen LogP contribution in [0.1, 0.15) is 23.1 Å². The van der Waals surface area contributed by atoms with Crippen molar-refractivity contribution in [2.45, 2.75) is 19.5 Å². The number of hydrogen-bond acceptors (Lipinski definition) is 6. The number of aryl methyl sites for hydroxylation is 2. The summed E-state index contributed by atoms with van der Waals surface area (Å²) < 4.78 is 13.1. The SMILES string of the molecule is Cc1nn(C)c(N2CCOCC2)c1CNCC(c1ccco1)N(C)C. The minimum absolute atomic E-state index is 0.207. The lowest BCUT2D eigenvalue weighted by molar-refractivity contribution is 0.122. The lowest BCUT2D eigenvalue weighted by atomic mass is 10.2. The van der Waals surface area contributed by atoms with Crippen molar-refractivity contribution >= 4 is 5.82 Å². The molecule has 0 bridgehead atoms. The van der Waals surface area contributed by atoms with Crippen LogP contribution in [0.4, 0.5) is 5.82 Å². The molecule has 0 amide bonds. The van der Waals surface area contributed by atoms with Gasteiger partial charge in [0.2, 0.25) is 0 Å². The first-order valence-electron chi connectivity index (χ1n) is 8.83. The van der Waals surface area contributed by atoms with Crippen LogP contribution >= 0.6 is 0 Å². The number of ether oxygens (including phenoxy) is 1. The maximum absolute atomic E-state index is 5.59. The highest BCUT2D eigenvalue weighted by Crippen LogP contribution is 2.24. The first-order chi connectivity index (χ1) is 12.1. The van der Waals surface area contributed by atoms with E-state index < -0.39 is 0 Å². The average molecular weight is 347 g/mol. The molecular formula is C18H29N5O2. The van der Waals surface area contributed by atoms with Gasteiger partial charge in [0.25, 0.3) is 0 Å².